The first-order valence-electron chi connectivity index (χ1n) is 4.60. The molecule has 0 unspecified atom stereocenters. The molecule has 0 heterocycles. The molecule has 0 spiro atoms. The summed E-state index contributed by atoms with van der Waals surface area (Å²) in [7, 11) is 4.08. The molecule has 3 heteroatoms. The Kier molecular flexibility index (Phi) is 4.88. The van der Waals surface area contributed by atoms with E-state index in [1.54, 1.807) is 6.92 Å². The van der Waals surface area contributed by atoms with Crippen LogP contribution < -0.4 is 5.73 Å². The minimum atomic E-state index is 0.141. The number of carbonyl (C=O) groups excluding carboxylic acids is 1. The molecule has 0 aromatic rings. The quantitative estimate of drug-likeness (QED) is 0.485. The summed E-state index contributed by atoms with van der Waals surface area (Å²) in [4.78, 5) is 11.4. The zero-order valence-corrected chi connectivity index (χ0v) is 8.97. The summed E-state index contributed by atoms with van der Waals surface area (Å²) in [6, 6.07) is 0. The molecule has 0 amide bonds. The first-order chi connectivity index (χ1) is 5.89. The zero-order chi connectivity index (χ0) is 10.5. The highest BCUT2D eigenvalue weighted by atomic mass is 16.1. The number of carbonyl (C=O) groups is 1. The highest BCUT2D eigenvalue weighted by molar-refractivity contribution is 5.95. The number of hydrogen-bond acceptors (Lipinski definition) is 2. The molecule has 0 bridgehead atoms. The molecular weight excluding hydrogens is 164 g/mol. The molecule has 13 heavy (non-hydrogen) atoms. The van der Waals surface area contributed by atoms with Gasteiger partial charge in [0.2, 0.25) is 5.78 Å². The third kappa shape index (κ3) is 5.55. The molecular formula is C10H21N2O+. The third-order valence-corrected chi connectivity index (χ3v) is 2.02. The van der Waals surface area contributed by atoms with E-state index in [0.29, 0.717) is 23.1 Å². The molecule has 0 radical (unpaired) electrons. The van der Waals surface area contributed by atoms with E-state index in [-0.39, 0.29) is 5.78 Å². The van der Waals surface area contributed by atoms with Crippen molar-refractivity contribution in [2.75, 3.05) is 33.7 Å². The van der Waals surface area contributed by atoms with Crippen LogP contribution in [-0.2, 0) is 4.79 Å². The topological polar surface area (TPSA) is 43.1 Å². The predicted molar refractivity (Wildman–Crippen MR) is 55.3 cm³/mol. The van der Waals surface area contributed by atoms with E-state index in [9.17, 15) is 4.79 Å². The number of nitrogens with zero attached hydrogens (tertiary/aromatic N) is 1. The molecule has 76 valence electrons. The standard InChI is InChI=1S/C10H21N2O/c1-9(2)10(13)8-12(3,4)7-5-6-11/h1,5-8,11H2,2-4H3/q+1. The van der Waals surface area contributed by atoms with Crippen molar-refractivity contribution in [1.29, 1.82) is 0 Å². The van der Waals surface area contributed by atoms with Gasteiger partial charge >= 0.3 is 0 Å². The molecule has 0 aliphatic rings. The maximum Gasteiger partial charge on any atom is 0.212 e. The van der Waals surface area contributed by atoms with Gasteiger partial charge in [0.1, 0.15) is 6.54 Å². The Labute approximate surface area is 80.8 Å². The summed E-state index contributed by atoms with van der Waals surface area (Å²) in [6.07, 6.45) is 0.955. The molecule has 0 atom stereocenters. The largest absolute Gasteiger partial charge is 0.330 e. The van der Waals surface area contributed by atoms with Gasteiger partial charge in [-0.3, -0.25) is 4.79 Å². The van der Waals surface area contributed by atoms with Gasteiger partial charge in [-0.15, -0.1) is 0 Å². The van der Waals surface area contributed by atoms with Crippen molar-refractivity contribution >= 4 is 5.78 Å². The molecule has 2 N–H and O–H groups in total. The first-order valence-corrected chi connectivity index (χ1v) is 4.60. The van der Waals surface area contributed by atoms with Crippen LogP contribution in [0.2, 0.25) is 0 Å². The van der Waals surface area contributed by atoms with E-state index in [4.69, 9.17) is 5.73 Å². The van der Waals surface area contributed by atoms with Crippen LogP contribution in [0, 0.1) is 0 Å². The molecule has 0 saturated carbocycles. The van der Waals surface area contributed by atoms with Crippen LogP contribution in [0.4, 0.5) is 0 Å². The summed E-state index contributed by atoms with van der Waals surface area (Å²) in [5, 5.41) is 0. The number of likely N-dealkylation sites (N-methyl/N-ethyl adjacent to an activating group) is 1. The van der Waals surface area contributed by atoms with Gasteiger partial charge in [0.05, 0.1) is 20.6 Å². The van der Waals surface area contributed by atoms with Crippen molar-refractivity contribution in [3.8, 4) is 0 Å². The second kappa shape index (κ2) is 5.14. The van der Waals surface area contributed by atoms with E-state index in [1.165, 1.54) is 0 Å². The average Bonchev–Trinajstić information content (AvgIpc) is 2.00. The fourth-order valence-corrected chi connectivity index (χ4v) is 1.12. The van der Waals surface area contributed by atoms with Crippen molar-refractivity contribution < 1.29 is 9.28 Å². The highest BCUT2D eigenvalue weighted by Gasteiger charge is 2.19. The van der Waals surface area contributed by atoms with Crippen LogP contribution in [0.5, 0.6) is 0 Å². The summed E-state index contributed by atoms with van der Waals surface area (Å²) in [5.74, 6) is 0.141. The minimum absolute atomic E-state index is 0.141. The Morgan fingerprint density at radius 1 is 1.46 bits per heavy atom. The lowest BCUT2D eigenvalue weighted by atomic mass is 10.2. The van der Waals surface area contributed by atoms with Gasteiger partial charge in [-0.05, 0) is 19.0 Å². The van der Waals surface area contributed by atoms with E-state index < -0.39 is 0 Å². The lowest BCUT2D eigenvalue weighted by Gasteiger charge is -2.28. The lowest BCUT2D eigenvalue weighted by molar-refractivity contribution is -0.882. The molecule has 0 aliphatic heterocycles. The normalized spacial score (nSPS) is 11.4. The van der Waals surface area contributed by atoms with Crippen molar-refractivity contribution in [3.05, 3.63) is 12.2 Å². The van der Waals surface area contributed by atoms with E-state index in [2.05, 4.69) is 6.58 Å². The second-order valence-corrected chi connectivity index (χ2v) is 4.16. The van der Waals surface area contributed by atoms with Gasteiger partial charge < -0.3 is 10.2 Å². The van der Waals surface area contributed by atoms with Crippen molar-refractivity contribution in [2.45, 2.75) is 13.3 Å². The Morgan fingerprint density at radius 3 is 2.38 bits per heavy atom. The molecule has 0 aromatic carbocycles. The van der Waals surface area contributed by atoms with E-state index >= 15 is 0 Å². The number of nitrogens with two attached hydrogens (primary N) is 1. The second-order valence-electron chi connectivity index (χ2n) is 4.16. The number of ketones is 1. The zero-order valence-electron chi connectivity index (χ0n) is 8.97. The average molecular weight is 185 g/mol. The van der Waals surface area contributed by atoms with Gasteiger partial charge in [-0.1, -0.05) is 6.58 Å². The van der Waals surface area contributed by atoms with Crippen molar-refractivity contribution in [1.82, 2.24) is 0 Å². The van der Waals surface area contributed by atoms with Gasteiger partial charge in [-0.25, -0.2) is 0 Å². The summed E-state index contributed by atoms with van der Waals surface area (Å²) in [5.41, 5.74) is 6.05. The summed E-state index contributed by atoms with van der Waals surface area (Å²) < 4.78 is 0.697. The van der Waals surface area contributed by atoms with Gasteiger partial charge in [0.25, 0.3) is 0 Å². The fourth-order valence-electron chi connectivity index (χ4n) is 1.12. The molecule has 3 nitrogen and oxygen atoms in total. The predicted octanol–water partition coefficient (Wildman–Crippen LogP) is 0.557. The highest BCUT2D eigenvalue weighted by Crippen LogP contribution is 2.02. The number of hydrogen-bond donors (Lipinski definition) is 1. The molecule has 0 fully saturated rings. The van der Waals surface area contributed by atoms with E-state index in [1.807, 2.05) is 14.1 Å². The Hall–Kier alpha value is -0.670. The van der Waals surface area contributed by atoms with Crippen LogP contribution in [0.1, 0.15) is 13.3 Å². The smallest absolute Gasteiger partial charge is 0.212 e. The van der Waals surface area contributed by atoms with Crippen LogP contribution in [-0.4, -0.2) is 44.0 Å². The fraction of sp³-hybridized carbons (Fsp3) is 0.700. The van der Waals surface area contributed by atoms with Crippen LogP contribution in [0.25, 0.3) is 0 Å². The maximum atomic E-state index is 11.4. The molecule has 0 aliphatic carbocycles. The Bertz CT molecular complexity index is 197. The van der Waals surface area contributed by atoms with Crippen LogP contribution in [0.3, 0.4) is 0 Å². The summed E-state index contributed by atoms with van der Waals surface area (Å²) >= 11 is 0. The van der Waals surface area contributed by atoms with Gasteiger partial charge in [-0.2, -0.15) is 0 Å². The van der Waals surface area contributed by atoms with Crippen molar-refractivity contribution in [2.24, 2.45) is 5.73 Å². The van der Waals surface area contributed by atoms with Crippen molar-refractivity contribution in [3.63, 3.8) is 0 Å². The first kappa shape index (κ1) is 12.3. The monoisotopic (exact) mass is 185 g/mol. The third-order valence-electron chi connectivity index (χ3n) is 2.02. The number of Topliss-reactive ketones (excluding diaryl/α,β-unsaturated/α-hetero) is 1. The lowest BCUT2D eigenvalue weighted by Crippen LogP contribution is -2.45. The molecule has 0 aromatic heterocycles. The SMILES string of the molecule is C=C(C)C(=O)C[N+](C)(C)CCCN. The maximum absolute atomic E-state index is 11.4. The van der Waals surface area contributed by atoms with Gasteiger partial charge in [0.15, 0.2) is 0 Å². The van der Waals surface area contributed by atoms with Crippen LogP contribution >= 0.6 is 0 Å². The Morgan fingerprint density at radius 2 is 2.00 bits per heavy atom. The molecule has 0 rings (SSSR count). The molecule has 0 saturated heterocycles. The van der Waals surface area contributed by atoms with Crippen LogP contribution in [0.15, 0.2) is 12.2 Å². The number of rotatable bonds is 6. The number of quaternary nitrogens is 1. The minimum Gasteiger partial charge on any atom is -0.330 e. The summed E-state index contributed by atoms with van der Waals surface area (Å²) in [6.45, 7) is 7.54. The Balaban J connectivity index is 4.00. The van der Waals surface area contributed by atoms with E-state index in [0.717, 1.165) is 13.0 Å². The van der Waals surface area contributed by atoms with Gasteiger partial charge in [0, 0.05) is 6.42 Å².